The van der Waals surface area contributed by atoms with E-state index in [4.69, 9.17) is 14.9 Å². The fourth-order valence-corrected chi connectivity index (χ4v) is 6.03. The van der Waals surface area contributed by atoms with Crippen molar-refractivity contribution in [3.05, 3.63) is 23.3 Å². The molecule has 3 aliphatic heterocycles. The van der Waals surface area contributed by atoms with E-state index in [0.717, 1.165) is 69.5 Å². The van der Waals surface area contributed by atoms with Crippen molar-refractivity contribution in [2.75, 3.05) is 27.3 Å². The van der Waals surface area contributed by atoms with Gasteiger partial charge in [-0.05, 0) is 55.4 Å². The molecule has 3 fully saturated rings. The van der Waals surface area contributed by atoms with Crippen molar-refractivity contribution in [1.82, 2.24) is 15.1 Å². The van der Waals surface area contributed by atoms with Crippen LogP contribution in [0.15, 0.2) is 12.1 Å². The monoisotopic (exact) mass is 412 g/mol. The lowest BCUT2D eigenvalue weighted by atomic mass is 9.77. The SMILES string of the molecule is COc1cc2c(cc1OC)[C@@H]1C[C@@]3(CCN1CC2)NC(=O)N(C1CCCCC1)C3=N. The number of nitrogens with zero attached hydrogens (tertiary/aromatic N) is 2. The Hall–Kier alpha value is -2.28. The van der Waals surface area contributed by atoms with Crippen molar-refractivity contribution in [2.45, 2.75) is 69.0 Å². The van der Waals surface area contributed by atoms with E-state index in [2.05, 4.69) is 22.3 Å². The highest BCUT2D eigenvalue weighted by atomic mass is 16.5. The molecule has 30 heavy (non-hydrogen) atoms. The first-order valence-corrected chi connectivity index (χ1v) is 11.3. The lowest BCUT2D eigenvalue weighted by Crippen LogP contribution is -2.57. The smallest absolute Gasteiger partial charge is 0.323 e. The molecule has 2 N–H and O–H groups in total. The van der Waals surface area contributed by atoms with E-state index in [-0.39, 0.29) is 18.1 Å². The summed E-state index contributed by atoms with van der Waals surface area (Å²) in [4.78, 5) is 17.3. The van der Waals surface area contributed by atoms with Crippen molar-refractivity contribution in [2.24, 2.45) is 0 Å². The molecule has 4 aliphatic rings. The summed E-state index contributed by atoms with van der Waals surface area (Å²) in [6, 6.07) is 4.49. The first kappa shape index (κ1) is 19.7. The Morgan fingerprint density at radius 1 is 1.10 bits per heavy atom. The number of amidine groups is 1. The van der Waals surface area contributed by atoms with E-state index in [1.165, 1.54) is 17.5 Å². The van der Waals surface area contributed by atoms with Crippen molar-refractivity contribution in [3.63, 3.8) is 0 Å². The Morgan fingerprint density at radius 2 is 1.83 bits per heavy atom. The first-order valence-electron chi connectivity index (χ1n) is 11.3. The van der Waals surface area contributed by atoms with Crippen molar-refractivity contribution >= 4 is 11.9 Å². The van der Waals surface area contributed by atoms with Gasteiger partial charge in [0.25, 0.3) is 0 Å². The van der Waals surface area contributed by atoms with Crippen molar-refractivity contribution in [1.29, 1.82) is 5.41 Å². The van der Waals surface area contributed by atoms with Crippen LogP contribution in [0.1, 0.15) is 62.1 Å². The third-order valence-electron chi connectivity index (χ3n) is 7.68. The largest absolute Gasteiger partial charge is 0.493 e. The van der Waals surface area contributed by atoms with Crippen LogP contribution in [-0.2, 0) is 6.42 Å². The van der Waals surface area contributed by atoms with Gasteiger partial charge in [-0.1, -0.05) is 19.3 Å². The van der Waals surface area contributed by atoms with Gasteiger partial charge in [0.2, 0.25) is 0 Å². The van der Waals surface area contributed by atoms with Crippen LogP contribution in [0.25, 0.3) is 0 Å². The molecule has 5 rings (SSSR count). The lowest BCUT2D eigenvalue weighted by Gasteiger charge is -2.47. The Labute approximate surface area is 178 Å². The van der Waals surface area contributed by atoms with Crippen LogP contribution in [0.5, 0.6) is 11.5 Å². The molecule has 0 aromatic heterocycles. The highest BCUT2D eigenvalue weighted by Crippen LogP contribution is 2.46. The third kappa shape index (κ3) is 2.97. The van der Waals surface area contributed by atoms with Crippen LogP contribution in [-0.4, -0.2) is 60.6 Å². The maximum atomic E-state index is 13.0. The van der Waals surface area contributed by atoms with Crippen LogP contribution in [0.4, 0.5) is 4.79 Å². The van der Waals surface area contributed by atoms with Crippen molar-refractivity contribution < 1.29 is 14.3 Å². The van der Waals surface area contributed by atoms with Gasteiger partial charge in [0.15, 0.2) is 11.5 Å². The zero-order valence-corrected chi connectivity index (χ0v) is 18.0. The number of fused-ring (bicyclic) bond motifs is 3. The van der Waals surface area contributed by atoms with Gasteiger partial charge in [-0.2, -0.15) is 0 Å². The van der Waals surface area contributed by atoms with E-state index < -0.39 is 5.54 Å². The fourth-order valence-electron chi connectivity index (χ4n) is 6.03. The summed E-state index contributed by atoms with van der Waals surface area (Å²) in [6.07, 6.45) is 8.10. The number of rotatable bonds is 3. The Balaban J connectivity index is 1.45. The average Bonchev–Trinajstić information content (AvgIpc) is 3.02. The van der Waals surface area contributed by atoms with E-state index >= 15 is 0 Å². The first-order chi connectivity index (χ1) is 14.6. The van der Waals surface area contributed by atoms with E-state index in [0.29, 0.717) is 5.84 Å². The number of ether oxygens (including phenoxy) is 2. The summed E-state index contributed by atoms with van der Waals surface area (Å²) in [5, 5.41) is 12.3. The van der Waals surface area contributed by atoms with Crippen LogP contribution in [0.3, 0.4) is 0 Å². The number of methoxy groups -OCH3 is 2. The summed E-state index contributed by atoms with van der Waals surface area (Å²) in [5.74, 6) is 2.00. The Kier molecular flexibility index (Phi) is 4.88. The van der Waals surface area contributed by atoms with Gasteiger partial charge in [-0.3, -0.25) is 15.2 Å². The lowest BCUT2D eigenvalue weighted by molar-refractivity contribution is 0.102. The number of benzene rings is 1. The molecular formula is C23H32N4O3. The molecule has 2 saturated heterocycles. The second kappa shape index (κ2) is 7.45. The molecule has 0 bridgehead atoms. The molecule has 3 heterocycles. The third-order valence-corrected chi connectivity index (χ3v) is 7.68. The molecule has 0 unspecified atom stereocenters. The molecule has 7 heteroatoms. The minimum absolute atomic E-state index is 0.0660. The normalized spacial score (nSPS) is 29.5. The average molecular weight is 413 g/mol. The maximum absolute atomic E-state index is 13.0. The van der Waals surface area contributed by atoms with Gasteiger partial charge in [-0.15, -0.1) is 0 Å². The van der Waals surface area contributed by atoms with Gasteiger partial charge in [-0.25, -0.2) is 4.79 Å². The number of carbonyl (C=O) groups excluding carboxylic acids is 1. The summed E-state index contributed by atoms with van der Waals surface area (Å²) >= 11 is 0. The molecule has 2 atom stereocenters. The molecule has 162 valence electrons. The van der Waals surface area contributed by atoms with Gasteiger partial charge >= 0.3 is 6.03 Å². The highest BCUT2D eigenvalue weighted by Gasteiger charge is 2.54. The molecule has 1 aromatic rings. The second-order valence-electron chi connectivity index (χ2n) is 9.18. The van der Waals surface area contributed by atoms with Crippen molar-refractivity contribution in [3.8, 4) is 11.5 Å². The topological polar surface area (TPSA) is 77.9 Å². The number of hydrogen-bond acceptors (Lipinski definition) is 5. The number of hydrogen-bond donors (Lipinski definition) is 2. The predicted molar refractivity (Wildman–Crippen MR) is 114 cm³/mol. The number of piperidine rings is 1. The second-order valence-corrected chi connectivity index (χ2v) is 9.18. The summed E-state index contributed by atoms with van der Waals surface area (Å²) in [6.45, 7) is 1.89. The Bertz CT molecular complexity index is 866. The van der Waals surface area contributed by atoms with Gasteiger partial charge in [0, 0.05) is 25.2 Å². The molecule has 1 aromatic carbocycles. The quantitative estimate of drug-likeness (QED) is 0.797. The molecule has 7 nitrogen and oxygen atoms in total. The predicted octanol–water partition coefficient (Wildman–Crippen LogP) is 3.47. The van der Waals surface area contributed by atoms with E-state index in [1.54, 1.807) is 19.1 Å². The molecular weight excluding hydrogens is 380 g/mol. The number of nitrogens with one attached hydrogen (secondary N) is 2. The van der Waals surface area contributed by atoms with Gasteiger partial charge in [0.05, 0.1) is 14.2 Å². The van der Waals surface area contributed by atoms with Crippen LogP contribution in [0, 0.1) is 5.41 Å². The number of amides is 2. The summed E-state index contributed by atoms with van der Waals surface area (Å²) < 4.78 is 11.1. The van der Waals surface area contributed by atoms with E-state index in [1.807, 2.05) is 0 Å². The standard InChI is InChI=1S/C23H32N4O3/c1-29-19-12-15-8-10-26-11-9-23(14-18(26)17(15)13-20(19)30-2)21(24)27(22(28)25-23)16-6-4-3-5-7-16/h12-13,16,18,24H,3-11,14H2,1-2H3,(H,25,28)/t18-,23+/m0/s1. The number of carbonyl (C=O) groups is 1. The molecule has 1 spiro atoms. The summed E-state index contributed by atoms with van der Waals surface area (Å²) in [5.41, 5.74) is 1.97. The molecule has 1 aliphatic carbocycles. The van der Waals surface area contributed by atoms with Gasteiger partial charge in [0.1, 0.15) is 11.4 Å². The van der Waals surface area contributed by atoms with Gasteiger partial charge < -0.3 is 14.8 Å². The zero-order valence-electron chi connectivity index (χ0n) is 18.0. The number of urea groups is 1. The van der Waals surface area contributed by atoms with Crippen LogP contribution < -0.4 is 14.8 Å². The molecule has 2 amide bonds. The molecule has 1 saturated carbocycles. The van der Waals surface area contributed by atoms with Crippen LogP contribution >= 0.6 is 0 Å². The fraction of sp³-hybridized carbons (Fsp3) is 0.652. The highest BCUT2D eigenvalue weighted by molar-refractivity contribution is 6.09. The summed E-state index contributed by atoms with van der Waals surface area (Å²) in [7, 11) is 3.34. The Morgan fingerprint density at radius 3 is 2.57 bits per heavy atom. The minimum atomic E-state index is -0.558. The zero-order chi connectivity index (χ0) is 20.9. The molecule has 0 radical (unpaired) electrons. The maximum Gasteiger partial charge on any atom is 0.323 e. The van der Waals surface area contributed by atoms with E-state index in [9.17, 15) is 4.79 Å². The van der Waals surface area contributed by atoms with Crippen LogP contribution in [0.2, 0.25) is 0 Å². The minimum Gasteiger partial charge on any atom is -0.493 e.